The molecule has 0 bridgehead atoms. The summed E-state index contributed by atoms with van der Waals surface area (Å²) >= 11 is 0. The van der Waals surface area contributed by atoms with Gasteiger partial charge in [0.25, 0.3) is 12.3 Å². The largest absolute Gasteiger partial charge is 0.368 e. The molecule has 0 radical (unpaired) electrons. The predicted molar refractivity (Wildman–Crippen MR) is 101 cm³/mol. The van der Waals surface area contributed by atoms with Gasteiger partial charge in [-0.3, -0.25) is 9.20 Å². The second-order valence-corrected chi connectivity index (χ2v) is 7.14. The number of alkyl halides is 2. The average Bonchev–Trinajstić information content (AvgIpc) is 3.16. The van der Waals surface area contributed by atoms with Crippen molar-refractivity contribution < 1.29 is 18.0 Å². The fraction of sp³-hybridized carbons (Fsp3) is 0.350. The minimum Gasteiger partial charge on any atom is -0.368 e. The minimum atomic E-state index is -2.61. The van der Waals surface area contributed by atoms with Crippen LogP contribution in [0.3, 0.4) is 0 Å². The van der Waals surface area contributed by atoms with E-state index in [1.165, 1.54) is 18.5 Å². The van der Waals surface area contributed by atoms with Crippen LogP contribution < -0.4 is 10.6 Å². The first-order valence-corrected chi connectivity index (χ1v) is 9.45. The molecule has 1 amide bonds. The lowest BCUT2D eigenvalue weighted by atomic mass is 9.91. The average molecular weight is 403 g/mol. The summed E-state index contributed by atoms with van der Waals surface area (Å²) in [5, 5.41) is 6.36. The fourth-order valence-electron chi connectivity index (χ4n) is 3.62. The Labute approximate surface area is 165 Å². The van der Waals surface area contributed by atoms with Crippen LogP contribution in [0.1, 0.15) is 48.2 Å². The summed E-state index contributed by atoms with van der Waals surface area (Å²) in [7, 11) is 0. The Bertz CT molecular complexity index is 997. The van der Waals surface area contributed by atoms with Crippen molar-refractivity contribution in [2.45, 2.75) is 44.2 Å². The van der Waals surface area contributed by atoms with Gasteiger partial charge in [-0.05, 0) is 49.9 Å². The monoisotopic (exact) mass is 403 g/mol. The Hall–Kier alpha value is -3.10. The van der Waals surface area contributed by atoms with E-state index in [1.54, 1.807) is 16.5 Å². The highest BCUT2D eigenvalue weighted by molar-refractivity contribution is 5.94. The third kappa shape index (κ3) is 4.33. The van der Waals surface area contributed by atoms with Gasteiger partial charge in [0.1, 0.15) is 17.2 Å². The SMILES string of the molecule is O=C(NC1CCC(Nc2cccc3nc(C(F)F)cn23)CC1)c1ccc(F)nc1. The highest BCUT2D eigenvalue weighted by Gasteiger charge is 2.23. The van der Waals surface area contributed by atoms with Gasteiger partial charge < -0.3 is 10.6 Å². The molecule has 1 aliphatic rings. The topological polar surface area (TPSA) is 71.3 Å². The van der Waals surface area contributed by atoms with Gasteiger partial charge >= 0.3 is 0 Å². The maximum atomic E-state index is 12.9. The lowest BCUT2D eigenvalue weighted by Gasteiger charge is -2.30. The number of carbonyl (C=O) groups excluding carboxylic acids is 1. The van der Waals surface area contributed by atoms with Gasteiger partial charge in [-0.15, -0.1) is 0 Å². The van der Waals surface area contributed by atoms with Gasteiger partial charge in [0.2, 0.25) is 5.95 Å². The van der Waals surface area contributed by atoms with E-state index in [1.807, 2.05) is 6.07 Å². The molecule has 3 heterocycles. The van der Waals surface area contributed by atoms with E-state index in [4.69, 9.17) is 0 Å². The molecule has 1 saturated carbocycles. The molecule has 0 atom stereocenters. The van der Waals surface area contributed by atoms with Crippen molar-refractivity contribution in [2.75, 3.05) is 5.32 Å². The highest BCUT2D eigenvalue weighted by atomic mass is 19.3. The number of hydrogen-bond acceptors (Lipinski definition) is 4. The van der Waals surface area contributed by atoms with E-state index in [9.17, 15) is 18.0 Å². The van der Waals surface area contributed by atoms with Gasteiger partial charge in [0.05, 0.1) is 5.56 Å². The van der Waals surface area contributed by atoms with Crippen molar-refractivity contribution in [1.29, 1.82) is 0 Å². The number of fused-ring (bicyclic) bond motifs is 1. The van der Waals surface area contributed by atoms with Crippen molar-refractivity contribution in [3.8, 4) is 0 Å². The molecular formula is C20H20F3N5O. The maximum Gasteiger partial charge on any atom is 0.281 e. The molecule has 1 aliphatic carbocycles. The van der Waals surface area contributed by atoms with E-state index in [0.717, 1.165) is 31.7 Å². The molecule has 29 heavy (non-hydrogen) atoms. The Balaban J connectivity index is 1.35. The number of nitrogens with one attached hydrogen (secondary N) is 2. The van der Waals surface area contributed by atoms with Crippen LogP contribution in [0, 0.1) is 5.95 Å². The van der Waals surface area contributed by atoms with Crippen molar-refractivity contribution in [3.63, 3.8) is 0 Å². The summed E-state index contributed by atoms with van der Waals surface area (Å²) < 4.78 is 40.4. The summed E-state index contributed by atoms with van der Waals surface area (Å²) in [6.45, 7) is 0. The third-order valence-electron chi connectivity index (χ3n) is 5.14. The first-order valence-electron chi connectivity index (χ1n) is 9.45. The first-order chi connectivity index (χ1) is 14.0. The number of aromatic nitrogens is 3. The summed E-state index contributed by atoms with van der Waals surface area (Å²) in [4.78, 5) is 19.7. The zero-order valence-electron chi connectivity index (χ0n) is 15.5. The Kier molecular flexibility index (Phi) is 5.37. The minimum absolute atomic E-state index is 0.0278. The maximum absolute atomic E-state index is 12.9. The standard InChI is InChI=1S/C20H20F3N5O/c21-16-9-4-12(10-24-16)20(29)26-14-7-5-13(6-8-14)25-17-2-1-3-18-27-15(19(22)23)11-28(17)18/h1-4,9-11,13-14,19,25H,5-8H2,(H,26,29). The molecule has 0 aromatic carbocycles. The van der Waals surface area contributed by atoms with Crippen LogP contribution in [0.2, 0.25) is 0 Å². The van der Waals surface area contributed by atoms with Crippen LogP contribution >= 0.6 is 0 Å². The Morgan fingerprint density at radius 1 is 1.10 bits per heavy atom. The number of pyridine rings is 2. The summed E-state index contributed by atoms with van der Waals surface area (Å²) in [6.07, 6.45) is 3.15. The number of nitrogens with zero attached hydrogens (tertiary/aromatic N) is 3. The van der Waals surface area contributed by atoms with E-state index in [-0.39, 0.29) is 23.7 Å². The molecule has 0 spiro atoms. The smallest absolute Gasteiger partial charge is 0.281 e. The van der Waals surface area contributed by atoms with Crippen molar-refractivity contribution in [2.24, 2.45) is 0 Å². The van der Waals surface area contributed by atoms with Crippen LogP contribution in [-0.2, 0) is 0 Å². The zero-order valence-corrected chi connectivity index (χ0v) is 15.5. The highest BCUT2D eigenvalue weighted by Crippen LogP contribution is 2.25. The molecule has 4 rings (SSSR count). The van der Waals surface area contributed by atoms with E-state index in [2.05, 4.69) is 20.6 Å². The summed E-state index contributed by atoms with van der Waals surface area (Å²) in [6, 6.07) is 8.06. The normalized spacial score (nSPS) is 19.4. The molecule has 1 fully saturated rings. The van der Waals surface area contributed by atoms with E-state index in [0.29, 0.717) is 17.0 Å². The number of imidazole rings is 1. The molecular weight excluding hydrogens is 383 g/mol. The van der Waals surface area contributed by atoms with Gasteiger partial charge in [-0.2, -0.15) is 4.39 Å². The van der Waals surface area contributed by atoms with Crippen LogP contribution in [0.4, 0.5) is 19.0 Å². The zero-order chi connectivity index (χ0) is 20.4. The molecule has 3 aromatic rings. The summed E-state index contributed by atoms with van der Waals surface area (Å²) in [5.41, 5.74) is 0.549. The molecule has 6 nitrogen and oxygen atoms in total. The number of amides is 1. The second kappa shape index (κ2) is 8.10. The number of carbonyl (C=O) groups is 1. The Morgan fingerprint density at radius 2 is 1.86 bits per heavy atom. The summed E-state index contributed by atoms with van der Waals surface area (Å²) in [5.74, 6) is -0.176. The van der Waals surface area contributed by atoms with Gasteiger partial charge in [-0.1, -0.05) is 6.07 Å². The fourth-order valence-corrected chi connectivity index (χ4v) is 3.62. The second-order valence-electron chi connectivity index (χ2n) is 7.14. The van der Waals surface area contributed by atoms with Crippen molar-refractivity contribution in [1.82, 2.24) is 19.7 Å². The molecule has 2 N–H and O–H groups in total. The lowest BCUT2D eigenvalue weighted by Crippen LogP contribution is -2.40. The number of rotatable bonds is 5. The number of halogens is 3. The number of hydrogen-bond donors (Lipinski definition) is 2. The molecule has 3 aromatic heterocycles. The molecule has 152 valence electrons. The van der Waals surface area contributed by atoms with Crippen LogP contribution in [-0.4, -0.2) is 32.4 Å². The quantitative estimate of drug-likeness (QED) is 0.633. The predicted octanol–water partition coefficient (Wildman–Crippen LogP) is 3.96. The van der Waals surface area contributed by atoms with Crippen LogP contribution in [0.25, 0.3) is 5.65 Å². The van der Waals surface area contributed by atoms with E-state index < -0.39 is 12.4 Å². The molecule has 0 unspecified atom stereocenters. The van der Waals surface area contributed by atoms with Crippen molar-refractivity contribution in [3.05, 3.63) is 59.9 Å². The first kappa shape index (κ1) is 19.2. The lowest BCUT2D eigenvalue weighted by molar-refractivity contribution is 0.0926. The third-order valence-corrected chi connectivity index (χ3v) is 5.14. The molecule has 0 saturated heterocycles. The van der Waals surface area contributed by atoms with Gasteiger partial charge in [-0.25, -0.2) is 18.7 Å². The Morgan fingerprint density at radius 3 is 2.55 bits per heavy atom. The number of anilines is 1. The van der Waals surface area contributed by atoms with Gasteiger partial charge in [0, 0.05) is 24.5 Å². The van der Waals surface area contributed by atoms with E-state index >= 15 is 0 Å². The van der Waals surface area contributed by atoms with Gasteiger partial charge in [0.15, 0.2) is 0 Å². The van der Waals surface area contributed by atoms with Crippen LogP contribution in [0.15, 0.2) is 42.7 Å². The van der Waals surface area contributed by atoms with Crippen LogP contribution in [0.5, 0.6) is 0 Å². The molecule has 9 heteroatoms. The van der Waals surface area contributed by atoms with Crippen molar-refractivity contribution >= 4 is 17.4 Å². The molecule has 0 aliphatic heterocycles.